The van der Waals surface area contributed by atoms with Crippen LogP contribution >= 0.6 is 0 Å². The predicted octanol–water partition coefficient (Wildman–Crippen LogP) is 2.96. The van der Waals surface area contributed by atoms with Crippen molar-refractivity contribution >= 4 is 0 Å². The molecule has 1 unspecified atom stereocenters. The van der Waals surface area contributed by atoms with E-state index in [1.807, 2.05) is 6.92 Å². The molecule has 5 heteroatoms. The summed E-state index contributed by atoms with van der Waals surface area (Å²) in [6.45, 7) is 7.53. The standard InChI is InChI=1S/C15H27N3O2/c1-4-19-10-12(16)13-17-14(20-18-13)15(9-11(2)3)7-5-6-8-15/h11-12H,4-10,16H2,1-3H3. The van der Waals surface area contributed by atoms with Gasteiger partial charge in [0.05, 0.1) is 12.6 Å². The van der Waals surface area contributed by atoms with E-state index in [1.165, 1.54) is 12.8 Å². The second-order valence-electron chi connectivity index (χ2n) is 6.31. The van der Waals surface area contributed by atoms with Gasteiger partial charge in [0, 0.05) is 12.0 Å². The van der Waals surface area contributed by atoms with Gasteiger partial charge in [-0.15, -0.1) is 0 Å². The number of nitrogens with zero attached hydrogens (tertiary/aromatic N) is 2. The molecule has 0 saturated heterocycles. The minimum atomic E-state index is -0.301. The molecule has 1 atom stereocenters. The Kier molecular flexibility index (Phi) is 5.16. The first-order valence-electron chi connectivity index (χ1n) is 7.75. The Balaban J connectivity index is 2.13. The summed E-state index contributed by atoms with van der Waals surface area (Å²) >= 11 is 0. The number of nitrogens with two attached hydrogens (primary N) is 1. The molecule has 1 aromatic heterocycles. The van der Waals surface area contributed by atoms with Crippen LogP contribution in [0.4, 0.5) is 0 Å². The largest absolute Gasteiger partial charge is 0.380 e. The van der Waals surface area contributed by atoms with Crippen molar-refractivity contribution in [3.8, 4) is 0 Å². The third kappa shape index (κ3) is 3.38. The first-order chi connectivity index (χ1) is 9.57. The SMILES string of the molecule is CCOCC(N)c1noc(C2(CC(C)C)CCCC2)n1. The highest BCUT2D eigenvalue weighted by Gasteiger charge is 2.41. The van der Waals surface area contributed by atoms with E-state index in [9.17, 15) is 0 Å². The Morgan fingerprint density at radius 2 is 2.05 bits per heavy atom. The molecule has 1 saturated carbocycles. The zero-order chi connectivity index (χ0) is 14.6. The van der Waals surface area contributed by atoms with Crippen LogP contribution in [-0.2, 0) is 10.2 Å². The van der Waals surface area contributed by atoms with Crippen molar-refractivity contribution in [1.29, 1.82) is 0 Å². The van der Waals surface area contributed by atoms with Crippen molar-refractivity contribution in [2.24, 2.45) is 11.7 Å². The van der Waals surface area contributed by atoms with Crippen LogP contribution in [0, 0.1) is 5.92 Å². The van der Waals surface area contributed by atoms with Gasteiger partial charge in [0.15, 0.2) is 5.82 Å². The molecule has 0 aliphatic heterocycles. The number of rotatable bonds is 7. The maximum Gasteiger partial charge on any atom is 0.232 e. The first kappa shape index (κ1) is 15.4. The van der Waals surface area contributed by atoms with Crippen LogP contribution in [0.2, 0.25) is 0 Å². The van der Waals surface area contributed by atoms with Crippen LogP contribution < -0.4 is 5.73 Å². The van der Waals surface area contributed by atoms with E-state index in [0.717, 1.165) is 25.2 Å². The van der Waals surface area contributed by atoms with Gasteiger partial charge in [-0.2, -0.15) is 4.98 Å². The van der Waals surface area contributed by atoms with E-state index in [1.54, 1.807) is 0 Å². The summed E-state index contributed by atoms with van der Waals surface area (Å²) < 4.78 is 10.9. The summed E-state index contributed by atoms with van der Waals surface area (Å²) in [6, 6.07) is -0.301. The van der Waals surface area contributed by atoms with Crippen LogP contribution in [0.25, 0.3) is 0 Å². The molecule has 1 aliphatic rings. The fourth-order valence-corrected chi connectivity index (χ4v) is 3.26. The monoisotopic (exact) mass is 281 g/mol. The van der Waals surface area contributed by atoms with Gasteiger partial charge in [-0.05, 0) is 32.1 Å². The van der Waals surface area contributed by atoms with Gasteiger partial charge in [0.1, 0.15) is 0 Å². The lowest BCUT2D eigenvalue weighted by atomic mass is 9.78. The summed E-state index contributed by atoms with van der Waals surface area (Å²) in [7, 11) is 0. The third-order valence-electron chi connectivity index (χ3n) is 4.09. The van der Waals surface area contributed by atoms with Crippen molar-refractivity contribution in [3.63, 3.8) is 0 Å². The summed E-state index contributed by atoms with van der Waals surface area (Å²) in [5.74, 6) is 1.98. The summed E-state index contributed by atoms with van der Waals surface area (Å²) in [4.78, 5) is 4.59. The summed E-state index contributed by atoms with van der Waals surface area (Å²) in [6.07, 6.45) is 5.89. The lowest BCUT2D eigenvalue weighted by Gasteiger charge is -2.26. The Labute approximate surface area is 121 Å². The Bertz CT molecular complexity index is 411. The highest BCUT2D eigenvalue weighted by molar-refractivity contribution is 5.09. The van der Waals surface area contributed by atoms with E-state index in [2.05, 4.69) is 24.0 Å². The number of aromatic nitrogens is 2. The molecule has 114 valence electrons. The van der Waals surface area contributed by atoms with Crippen LogP contribution in [0.15, 0.2) is 4.52 Å². The highest BCUT2D eigenvalue weighted by Crippen LogP contribution is 2.44. The van der Waals surface area contributed by atoms with Gasteiger partial charge in [-0.3, -0.25) is 0 Å². The van der Waals surface area contributed by atoms with E-state index in [-0.39, 0.29) is 11.5 Å². The minimum absolute atomic E-state index is 0.0742. The lowest BCUT2D eigenvalue weighted by Crippen LogP contribution is -2.25. The van der Waals surface area contributed by atoms with Crippen LogP contribution in [0.3, 0.4) is 0 Å². The second-order valence-corrected chi connectivity index (χ2v) is 6.31. The van der Waals surface area contributed by atoms with Crippen LogP contribution in [-0.4, -0.2) is 23.4 Å². The van der Waals surface area contributed by atoms with Gasteiger partial charge in [0.25, 0.3) is 0 Å². The van der Waals surface area contributed by atoms with Crippen molar-refractivity contribution in [2.45, 2.75) is 64.3 Å². The molecule has 20 heavy (non-hydrogen) atoms. The van der Waals surface area contributed by atoms with Crippen molar-refractivity contribution in [2.75, 3.05) is 13.2 Å². The van der Waals surface area contributed by atoms with E-state index < -0.39 is 0 Å². The summed E-state index contributed by atoms with van der Waals surface area (Å²) in [5, 5.41) is 4.07. The molecule has 2 N–H and O–H groups in total. The molecule has 1 aliphatic carbocycles. The fourth-order valence-electron chi connectivity index (χ4n) is 3.26. The Morgan fingerprint density at radius 3 is 2.65 bits per heavy atom. The van der Waals surface area contributed by atoms with E-state index in [0.29, 0.717) is 25.0 Å². The zero-order valence-corrected chi connectivity index (χ0v) is 12.9. The summed E-state index contributed by atoms with van der Waals surface area (Å²) in [5.41, 5.74) is 6.10. The normalized spacial score (nSPS) is 19.6. The lowest BCUT2D eigenvalue weighted by molar-refractivity contribution is 0.130. The molecule has 0 radical (unpaired) electrons. The third-order valence-corrected chi connectivity index (χ3v) is 4.09. The zero-order valence-electron chi connectivity index (χ0n) is 12.9. The average Bonchev–Trinajstić information content (AvgIpc) is 3.04. The Hall–Kier alpha value is -0.940. The molecule has 2 rings (SSSR count). The molecule has 0 bridgehead atoms. The molecule has 1 heterocycles. The fraction of sp³-hybridized carbons (Fsp3) is 0.867. The predicted molar refractivity (Wildman–Crippen MR) is 77.3 cm³/mol. The maximum atomic E-state index is 6.03. The molecule has 1 aromatic rings. The van der Waals surface area contributed by atoms with Crippen LogP contribution in [0.1, 0.15) is 70.6 Å². The van der Waals surface area contributed by atoms with E-state index in [4.69, 9.17) is 15.0 Å². The number of ether oxygens (including phenoxy) is 1. The van der Waals surface area contributed by atoms with Gasteiger partial charge < -0.3 is 15.0 Å². The highest BCUT2D eigenvalue weighted by atomic mass is 16.5. The molecule has 1 fully saturated rings. The van der Waals surface area contributed by atoms with Gasteiger partial charge in [-0.1, -0.05) is 31.8 Å². The Morgan fingerprint density at radius 1 is 1.35 bits per heavy atom. The van der Waals surface area contributed by atoms with Gasteiger partial charge in [-0.25, -0.2) is 0 Å². The number of hydrogen-bond donors (Lipinski definition) is 1. The molecular formula is C15H27N3O2. The molecule has 0 spiro atoms. The van der Waals surface area contributed by atoms with Crippen LogP contribution in [0.5, 0.6) is 0 Å². The topological polar surface area (TPSA) is 74.2 Å². The van der Waals surface area contributed by atoms with Gasteiger partial charge in [0.2, 0.25) is 5.89 Å². The molecule has 0 amide bonds. The number of hydrogen-bond acceptors (Lipinski definition) is 5. The maximum absolute atomic E-state index is 6.03. The first-order valence-corrected chi connectivity index (χ1v) is 7.75. The van der Waals surface area contributed by atoms with E-state index >= 15 is 0 Å². The molecule has 5 nitrogen and oxygen atoms in total. The molecular weight excluding hydrogens is 254 g/mol. The van der Waals surface area contributed by atoms with Crippen molar-refractivity contribution < 1.29 is 9.26 Å². The minimum Gasteiger partial charge on any atom is -0.380 e. The average molecular weight is 281 g/mol. The van der Waals surface area contributed by atoms with Gasteiger partial charge >= 0.3 is 0 Å². The second kappa shape index (κ2) is 6.68. The quantitative estimate of drug-likeness (QED) is 0.831. The molecule has 0 aromatic carbocycles. The van der Waals surface area contributed by atoms with Crippen molar-refractivity contribution in [3.05, 3.63) is 11.7 Å². The van der Waals surface area contributed by atoms with Crippen molar-refractivity contribution in [1.82, 2.24) is 10.1 Å². The smallest absolute Gasteiger partial charge is 0.232 e.